The molecule has 0 aliphatic rings. The number of aromatic carboxylic acids is 1. The molecule has 0 aliphatic carbocycles. The molecule has 1 N–H and O–H groups in total. The minimum absolute atomic E-state index is 0.263. The Morgan fingerprint density at radius 1 is 1.50 bits per heavy atom. The number of carboxylic acids is 1. The lowest BCUT2D eigenvalue weighted by Crippen LogP contribution is -2.01. The van der Waals surface area contributed by atoms with Gasteiger partial charge in [0.2, 0.25) is 5.95 Å². The van der Waals surface area contributed by atoms with E-state index in [2.05, 4.69) is 10.2 Å². The molecule has 0 spiro atoms. The molecule has 52 valence electrons. The fourth-order valence-electron chi connectivity index (χ4n) is 0.430. The number of halogens is 1. The highest BCUT2D eigenvalue weighted by atomic mass is 19.1. The van der Waals surface area contributed by atoms with Crippen LogP contribution in [-0.4, -0.2) is 21.3 Å². The molecule has 1 heterocycles. The summed E-state index contributed by atoms with van der Waals surface area (Å²) in [6, 6.07) is 1.99. The van der Waals surface area contributed by atoms with Crippen molar-refractivity contribution in [1.82, 2.24) is 10.2 Å². The van der Waals surface area contributed by atoms with E-state index >= 15 is 0 Å². The molecule has 1 aromatic rings. The fourth-order valence-corrected chi connectivity index (χ4v) is 0.430. The molecule has 0 radical (unpaired) electrons. The summed E-state index contributed by atoms with van der Waals surface area (Å²) in [4.78, 5) is 10.1. The van der Waals surface area contributed by atoms with E-state index in [0.29, 0.717) is 0 Å². The predicted octanol–water partition coefficient (Wildman–Crippen LogP) is 0.314. The van der Waals surface area contributed by atoms with Gasteiger partial charge in [-0.25, -0.2) is 4.79 Å². The lowest BCUT2D eigenvalue weighted by atomic mass is 10.4. The summed E-state index contributed by atoms with van der Waals surface area (Å²) in [6.45, 7) is 0. The predicted molar refractivity (Wildman–Crippen MR) is 28.9 cm³/mol. The summed E-state index contributed by atoms with van der Waals surface area (Å²) in [7, 11) is 0. The molecule has 0 fully saturated rings. The Bertz CT molecular complexity index is 246. The maximum Gasteiger partial charge on any atom is 0.356 e. The van der Waals surface area contributed by atoms with Crippen LogP contribution < -0.4 is 0 Å². The first-order chi connectivity index (χ1) is 4.70. The highest BCUT2D eigenvalue weighted by molar-refractivity contribution is 5.84. The summed E-state index contributed by atoms with van der Waals surface area (Å²) >= 11 is 0. The van der Waals surface area contributed by atoms with Crippen molar-refractivity contribution in [3.63, 3.8) is 0 Å². The third-order valence-electron chi connectivity index (χ3n) is 0.851. The van der Waals surface area contributed by atoms with Gasteiger partial charge in [-0.15, -0.1) is 10.2 Å². The molecule has 0 aliphatic heterocycles. The van der Waals surface area contributed by atoms with E-state index in [1.54, 1.807) is 0 Å². The molecule has 1 rings (SSSR count). The number of hydrogen-bond donors (Lipinski definition) is 1. The summed E-state index contributed by atoms with van der Waals surface area (Å²) in [5.74, 6) is -2.00. The highest BCUT2D eigenvalue weighted by Crippen LogP contribution is 1.93. The maximum absolute atomic E-state index is 12.0. The molecule has 0 saturated carbocycles. The van der Waals surface area contributed by atoms with E-state index in [1.165, 1.54) is 0 Å². The van der Waals surface area contributed by atoms with Crippen LogP contribution in [0.2, 0.25) is 0 Å². The highest BCUT2D eigenvalue weighted by Gasteiger charge is 2.03. The van der Waals surface area contributed by atoms with Gasteiger partial charge in [0, 0.05) is 0 Å². The van der Waals surface area contributed by atoms with Gasteiger partial charge >= 0.3 is 5.97 Å². The van der Waals surface area contributed by atoms with Gasteiger partial charge in [0.15, 0.2) is 5.69 Å². The van der Waals surface area contributed by atoms with Crippen LogP contribution in [0.3, 0.4) is 0 Å². The molecular formula is C5H3FN2O2. The largest absolute Gasteiger partial charge is 0.476 e. The van der Waals surface area contributed by atoms with E-state index in [9.17, 15) is 9.18 Å². The SMILES string of the molecule is O=C(O)c1ccc(F)nn1. The van der Waals surface area contributed by atoms with Crippen LogP contribution in [0.4, 0.5) is 4.39 Å². The van der Waals surface area contributed by atoms with Crippen LogP contribution in [0.5, 0.6) is 0 Å². The molecule has 0 amide bonds. The van der Waals surface area contributed by atoms with Gasteiger partial charge in [0.1, 0.15) is 0 Å². The summed E-state index contributed by atoms with van der Waals surface area (Å²) in [6.07, 6.45) is 0. The van der Waals surface area contributed by atoms with Crippen LogP contribution in [0.1, 0.15) is 10.5 Å². The first-order valence-electron chi connectivity index (χ1n) is 2.42. The molecule has 0 unspecified atom stereocenters. The van der Waals surface area contributed by atoms with E-state index in [1.807, 2.05) is 0 Å². The topological polar surface area (TPSA) is 63.1 Å². The van der Waals surface area contributed by atoms with Crippen LogP contribution in [0, 0.1) is 5.95 Å². The van der Waals surface area contributed by atoms with E-state index in [0.717, 1.165) is 12.1 Å². The van der Waals surface area contributed by atoms with E-state index in [4.69, 9.17) is 5.11 Å². The smallest absolute Gasteiger partial charge is 0.356 e. The van der Waals surface area contributed by atoms with Crippen molar-refractivity contribution in [1.29, 1.82) is 0 Å². The van der Waals surface area contributed by atoms with Gasteiger partial charge in [-0.1, -0.05) is 0 Å². The third kappa shape index (κ3) is 1.25. The van der Waals surface area contributed by atoms with Crippen molar-refractivity contribution in [3.8, 4) is 0 Å². The van der Waals surface area contributed by atoms with Crippen LogP contribution >= 0.6 is 0 Å². The van der Waals surface area contributed by atoms with Gasteiger partial charge in [0.25, 0.3) is 0 Å². The number of carbonyl (C=O) groups is 1. The summed E-state index contributed by atoms with van der Waals surface area (Å²) in [5, 5.41) is 14.2. The second-order valence-electron chi connectivity index (χ2n) is 1.55. The first kappa shape index (κ1) is 6.60. The number of carboxylic acid groups (broad SMARTS) is 1. The van der Waals surface area contributed by atoms with Crippen molar-refractivity contribution in [3.05, 3.63) is 23.8 Å². The Labute approximate surface area is 55.3 Å². The molecule has 5 heteroatoms. The zero-order valence-corrected chi connectivity index (χ0v) is 4.78. The molecule has 1 aromatic heterocycles. The van der Waals surface area contributed by atoms with Crippen molar-refractivity contribution in [2.75, 3.05) is 0 Å². The zero-order valence-electron chi connectivity index (χ0n) is 4.78. The van der Waals surface area contributed by atoms with Gasteiger partial charge in [0.05, 0.1) is 0 Å². The Morgan fingerprint density at radius 2 is 2.20 bits per heavy atom. The molecule has 0 bridgehead atoms. The quantitative estimate of drug-likeness (QED) is 0.613. The monoisotopic (exact) mass is 142 g/mol. The van der Waals surface area contributed by atoms with Crippen molar-refractivity contribution in [2.45, 2.75) is 0 Å². The second-order valence-corrected chi connectivity index (χ2v) is 1.55. The molecule has 10 heavy (non-hydrogen) atoms. The average Bonchev–Trinajstić information content (AvgIpc) is 1.88. The first-order valence-corrected chi connectivity index (χ1v) is 2.42. The van der Waals surface area contributed by atoms with Gasteiger partial charge in [-0.2, -0.15) is 4.39 Å². The van der Waals surface area contributed by atoms with E-state index in [-0.39, 0.29) is 5.69 Å². The number of nitrogens with zero attached hydrogens (tertiary/aromatic N) is 2. The lowest BCUT2D eigenvalue weighted by Gasteiger charge is -1.88. The average molecular weight is 142 g/mol. The molecule has 0 aromatic carbocycles. The van der Waals surface area contributed by atoms with Crippen molar-refractivity contribution in [2.24, 2.45) is 0 Å². The standard InChI is InChI=1S/C5H3FN2O2/c6-4-2-1-3(5(9)10)7-8-4/h1-2H,(H,9,10). The zero-order chi connectivity index (χ0) is 7.56. The number of rotatable bonds is 1. The molecular weight excluding hydrogens is 139 g/mol. The minimum atomic E-state index is -1.22. The van der Waals surface area contributed by atoms with Gasteiger partial charge < -0.3 is 5.11 Å². The van der Waals surface area contributed by atoms with Crippen LogP contribution in [0.15, 0.2) is 12.1 Å². The van der Waals surface area contributed by atoms with Gasteiger partial charge in [-0.05, 0) is 12.1 Å². The maximum atomic E-state index is 12.0. The molecule has 0 atom stereocenters. The lowest BCUT2D eigenvalue weighted by molar-refractivity contribution is 0.0689. The number of hydrogen-bond acceptors (Lipinski definition) is 3. The normalized spacial score (nSPS) is 9.30. The van der Waals surface area contributed by atoms with Crippen molar-refractivity contribution < 1.29 is 14.3 Å². The van der Waals surface area contributed by atoms with E-state index < -0.39 is 11.9 Å². The minimum Gasteiger partial charge on any atom is -0.476 e. The van der Waals surface area contributed by atoms with Crippen LogP contribution in [-0.2, 0) is 0 Å². The second kappa shape index (κ2) is 2.38. The fraction of sp³-hybridized carbons (Fsp3) is 0. The van der Waals surface area contributed by atoms with Crippen LogP contribution in [0.25, 0.3) is 0 Å². The number of aromatic nitrogens is 2. The Morgan fingerprint density at radius 3 is 2.60 bits per heavy atom. The molecule has 0 saturated heterocycles. The Kier molecular flexibility index (Phi) is 1.57. The third-order valence-corrected chi connectivity index (χ3v) is 0.851. The van der Waals surface area contributed by atoms with Gasteiger partial charge in [-0.3, -0.25) is 0 Å². The van der Waals surface area contributed by atoms with Crippen molar-refractivity contribution >= 4 is 5.97 Å². The molecule has 4 nitrogen and oxygen atoms in total. The Hall–Kier alpha value is -1.52. The summed E-state index contributed by atoms with van der Waals surface area (Å²) < 4.78 is 12.0. The summed E-state index contributed by atoms with van der Waals surface area (Å²) in [5.41, 5.74) is -0.263. The Balaban J connectivity index is 3.00.